The number of rotatable bonds is 15. The number of hydrogen-bond acceptors (Lipinski definition) is 3. The van der Waals surface area contributed by atoms with Crippen molar-refractivity contribution in [3.05, 3.63) is 0 Å². The standard InChI is InChI=1S/3C8H18O.Ni/c3*1-3-5-6-8(4-2)7-9;/h3*8-9H,3-7H2,1-2H3;. The molecule has 0 bridgehead atoms. The van der Waals surface area contributed by atoms with E-state index in [-0.39, 0.29) is 16.5 Å². The van der Waals surface area contributed by atoms with E-state index in [4.69, 9.17) is 15.3 Å². The molecule has 3 nitrogen and oxygen atoms in total. The van der Waals surface area contributed by atoms with Gasteiger partial charge in [0.2, 0.25) is 0 Å². The van der Waals surface area contributed by atoms with Gasteiger partial charge in [0.25, 0.3) is 0 Å². The summed E-state index contributed by atoms with van der Waals surface area (Å²) in [4.78, 5) is 0. The van der Waals surface area contributed by atoms with E-state index in [0.29, 0.717) is 37.6 Å². The summed E-state index contributed by atoms with van der Waals surface area (Å²) in [7, 11) is 0. The zero-order valence-corrected chi connectivity index (χ0v) is 21.0. The van der Waals surface area contributed by atoms with Crippen molar-refractivity contribution < 1.29 is 31.8 Å². The van der Waals surface area contributed by atoms with E-state index in [1.165, 1.54) is 57.8 Å². The van der Waals surface area contributed by atoms with Gasteiger partial charge in [-0.05, 0) is 37.0 Å². The van der Waals surface area contributed by atoms with Crippen LogP contribution in [-0.4, -0.2) is 35.1 Å². The summed E-state index contributed by atoms with van der Waals surface area (Å²) in [5.41, 5.74) is 0. The van der Waals surface area contributed by atoms with Crippen molar-refractivity contribution in [3.8, 4) is 0 Å². The molecule has 3 atom stereocenters. The first kappa shape index (κ1) is 35.8. The molecule has 0 spiro atoms. The molecule has 0 aromatic heterocycles. The van der Waals surface area contributed by atoms with Crippen LogP contribution in [0.1, 0.15) is 119 Å². The van der Waals surface area contributed by atoms with E-state index in [1.807, 2.05) is 0 Å². The Hall–Kier alpha value is 0.374. The van der Waals surface area contributed by atoms with Crippen molar-refractivity contribution in [1.29, 1.82) is 0 Å². The summed E-state index contributed by atoms with van der Waals surface area (Å²) < 4.78 is 0. The number of hydrogen-bond donors (Lipinski definition) is 3. The van der Waals surface area contributed by atoms with Crippen molar-refractivity contribution in [3.63, 3.8) is 0 Å². The summed E-state index contributed by atoms with van der Waals surface area (Å²) >= 11 is 0. The molecule has 0 fully saturated rings. The maximum Gasteiger partial charge on any atom is 0.0459 e. The van der Waals surface area contributed by atoms with Crippen LogP contribution in [0.2, 0.25) is 0 Å². The molecular weight excluding hydrogens is 395 g/mol. The first-order valence-corrected chi connectivity index (χ1v) is 11.9. The third kappa shape index (κ3) is 28.6. The van der Waals surface area contributed by atoms with Gasteiger partial charge in [-0.3, -0.25) is 0 Å². The molecule has 0 aromatic carbocycles. The molecule has 0 saturated carbocycles. The minimum atomic E-state index is 0. The van der Waals surface area contributed by atoms with Gasteiger partial charge >= 0.3 is 0 Å². The Labute approximate surface area is 188 Å². The van der Waals surface area contributed by atoms with Crippen LogP contribution < -0.4 is 0 Å². The molecule has 0 heterocycles. The van der Waals surface area contributed by atoms with E-state index in [9.17, 15) is 0 Å². The summed E-state index contributed by atoms with van der Waals surface area (Å²) in [6, 6.07) is 0. The Morgan fingerprint density at radius 3 is 0.786 bits per heavy atom. The predicted octanol–water partition coefficient (Wildman–Crippen LogP) is 6.58. The maximum absolute atomic E-state index is 8.75. The van der Waals surface area contributed by atoms with Gasteiger partial charge in [0.05, 0.1) is 0 Å². The largest absolute Gasteiger partial charge is 0.396 e. The molecule has 3 unspecified atom stereocenters. The van der Waals surface area contributed by atoms with Gasteiger partial charge in [-0.2, -0.15) is 0 Å². The molecule has 178 valence electrons. The fraction of sp³-hybridized carbons (Fsp3) is 1.00. The normalized spacial score (nSPS) is 13.2. The zero-order chi connectivity index (χ0) is 21.3. The van der Waals surface area contributed by atoms with Gasteiger partial charge in [0.15, 0.2) is 0 Å². The molecule has 0 rings (SSSR count). The molecule has 3 N–H and O–H groups in total. The number of unbranched alkanes of at least 4 members (excludes halogenated alkanes) is 3. The Morgan fingerprint density at radius 1 is 0.464 bits per heavy atom. The first-order chi connectivity index (χ1) is 13.0. The first-order valence-electron chi connectivity index (χ1n) is 11.9. The van der Waals surface area contributed by atoms with Crippen molar-refractivity contribution in [2.75, 3.05) is 19.8 Å². The summed E-state index contributed by atoms with van der Waals surface area (Å²) in [6.45, 7) is 14.1. The molecule has 0 radical (unpaired) electrons. The van der Waals surface area contributed by atoms with Crippen LogP contribution in [0.5, 0.6) is 0 Å². The molecule has 0 amide bonds. The van der Waals surface area contributed by atoms with Crippen LogP contribution in [0.25, 0.3) is 0 Å². The summed E-state index contributed by atoms with van der Waals surface area (Å²) in [5.74, 6) is 1.68. The van der Waals surface area contributed by atoms with Crippen molar-refractivity contribution in [1.82, 2.24) is 0 Å². The smallest absolute Gasteiger partial charge is 0.0459 e. The monoisotopic (exact) mass is 448 g/mol. The van der Waals surface area contributed by atoms with Crippen molar-refractivity contribution >= 4 is 0 Å². The average Bonchev–Trinajstić information content (AvgIpc) is 2.71. The van der Waals surface area contributed by atoms with E-state index >= 15 is 0 Å². The van der Waals surface area contributed by atoms with E-state index in [2.05, 4.69) is 41.5 Å². The van der Waals surface area contributed by atoms with E-state index in [0.717, 1.165) is 19.3 Å². The van der Waals surface area contributed by atoms with Crippen LogP contribution in [0.4, 0.5) is 0 Å². The minimum Gasteiger partial charge on any atom is -0.396 e. The number of aliphatic hydroxyl groups is 3. The Balaban J connectivity index is -0.000000152. The van der Waals surface area contributed by atoms with Gasteiger partial charge in [0.1, 0.15) is 0 Å². The second kappa shape index (κ2) is 32.1. The fourth-order valence-electron chi connectivity index (χ4n) is 2.75. The Bertz CT molecular complexity index is 190. The Kier molecular flexibility index (Phi) is 41.0. The van der Waals surface area contributed by atoms with E-state index < -0.39 is 0 Å². The second-order valence-corrected chi connectivity index (χ2v) is 7.80. The van der Waals surface area contributed by atoms with Gasteiger partial charge < -0.3 is 15.3 Å². The molecule has 0 saturated heterocycles. The number of aliphatic hydroxyl groups excluding tert-OH is 3. The fourth-order valence-corrected chi connectivity index (χ4v) is 2.75. The molecule has 0 aliphatic carbocycles. The van der Waals surface area contributed by atoms with Crippen LogP contribution in [0, 0.1) is 17.8 Å². The average molecular weight is 449 g/mol. The second-order valence-electron chi connectivity index (χ2n) is 7.80. The summed E-state index contributed by atoms with van der Waals surface area (Å²) in [6.07, 6.45) is 14.5. The third-order valence-electron chi connectivity index (χ3n) is 5.40. The molecule has 0 aliphatic rings. The third-order valence-corrected chi connectivity index (χ3v) is 5.40. The summed E-state index contributed by atoms with van der Waals surface area (Å²) in [5, 5.41) is 26.3. The van der Waals surface area contributed by atoms with Crippen molar-refractivity contribution in [2.24, 2.45) is 17.8 Å². The topological polar surface area (TPSA) is 60.7 Å². The van der Waals surface area contributed by atoms with Crippen LogP contribution in [0.3, 0.4) is 0 Å². The molecule has 4 heteroatoms. The molecule has 0 aromatic rings. The van der Waals surface area contributed by atoms with Crippen LogP contribution in [-0.2, 0) is 16.5 Å². The van der Waals surface area contributed by atoms with Gasteiger partial charge in [-0.1, -0.05) is 99.3 Å². The van der Waals surface area contributed by atoms with Crippen molar-refractivity contribution in [2.45, 2.75) is 119 Å². The quantitative estimate of drug-likeness (QED) is 0.248. The Morgan fingerprint density at radius 2 is 0.679 bits per heavy atom. The van der Waals surface area contributed by atoms with Crippen LogP contribution in [0.15, 0.2) is 0 Å². The van der Waals surface area contributed by atoms with Gasteiger partial charge in [0, 0.05) is 36.3 Å². The molecule has 28 heavy (non-hydrogen) atoms. The van der Waals surface area contributed by atoms with Gasteiger partial charge in [-0.25, -0.2) is 0 Å². The van der Waals surface area contributed by atoms with Crippen LogP contribution >= 0.6 is 0 Å². The zero-order valence-electron chi connectivity index (χ0n) is 20.0. The maximum atomic E-state index is 8.75. The molecular formula is C24H54NiO3. The predicted molar refractivity (Wildman–Crippen MR) is 121 cm³/mol. The van der Waals surface area contributed by atoms with Gasteiger partial charge in [-0.15, -0.1) is 0 Å². The molecule has 0 aliphatic heterocycles. The minimum absolute atomic E-state index is 0. The SMILES string of the molecule is CCCCC(CC)CO.CCCCC(CC)CO.CCCCC(CC)CO.[Ni]. The van der Waals surface area contributed by atoms with E-state index in [1.54, 1.807) is 0 Å².